The third-order valence-electron chi connectivity index (χ3n) is 3.21. The molecule has 0 aliphatic rings. The van der Waals surface area contributed by atoms with Crippen LogP contribution in [0.2, 0.25) is 0 Å². The lowest BCUT2D eigenvalue weighted by Gasteiger charge is -2.16. The minimum Gasteiger partial charge on any atom is -0.480 e. The lowest BCUT2D eigenvalue weighted by Crippen LogP contribution is -2.48. The van der Waals surface area contributed by atoms with Crippen molar-refractivity contribution in [3.63, 3.8) is 0 Å². The summed E-state index contributed by atoms with van der Waals surface area (Å²) >= 11 is 0. The van der Waals surface area contributed by atoms with Crippen LogP contribution in [0.3, 0.4) is 0 Å². The molecule has 0 bridgehead atoms. The van der Waals surface area contributed by atoms with Gasteiger partial charge in [-0.1, -0.05) is 18.2 Å². The van der Waals surface area contributed by atoms with Crippen LogP contribution in [0.25, 0.3) is 10.9 Å². The molecule has 116 valence electrons. The first-order valence-electron chi connectivity index (χ1n) is 6.79. The molecule has 0 saturated heterocycles. The van der Waals surface area contributed by atoms with E-state index in [0.717, 1.165) is 16.5 Å². The molecule has 1 atom stereocenters. The van der Waals surface area contributed by atoms with E-state index < -0.39 is 24.5 Å². The molecular weight excluding hydrogens is 286 g/mol. The van der Waals surface area contributed by atoms with Gasteiger partial charge in [0.2, 0.25) is 11.8 Å². The molecule has 0 aliphatic carbocycles. The number of fused-ring (bicyclic) bond motifs is 1. The van der Waals surface area contributed by atoms with Gasteiger partial charge in [-0.2, -0.15) is 0 Å². The van der Waals surface area contributed by atoms with Gasteiger partial charge in [0.15, 0.2) is 0 Å². The number of para-hydroxylation sites is 1. The quantitative estimate of drug-likeness (QED) is 0.619. The summed E-state index contributed by atoms with van der Waals surface area (Å²) < 4.78 is 0. The third kappa shape index (κ3) is 3.85. The highest BCUT2D eigenvalue weighted by molar-refractivity contribution is 5.90. The maximum absolute atomic E-state index is 12.0. The van der Waals surface area contributed by atoms with Crippen molar-refractivity contribution in [2.24, 2.45) is 0 Å². The first kappa shape index (κ1) is 15.6. The Morgan fingerprint density at radius 2 is 2.00 bits per heavy atom. The van der Waals surface area contributed by atoms with Gasteiger partial charge in [-0.25, -0.2) is 0 Å². The zero-order valence-corrected chi connectivity index (χ0v) is 12.1. The molecule has 2 aromatic rings. The summed E-state index contributed by atoms with van der Waals surface area (Å²) in [6, 6.07) is 6.79. The molecule has 2 rings (SSSR count). The summed E-state index contributed by atoms with van der Waals surface area (Å²) in [5.74, 6) is -2.01. The molecular formula is C15H17N3O4. The van der Waals surface area contributed by atoms with E-state index in [0.29, 0.717) is 0 Å². The number of carbonyl (C=O) groups excluding carboxylic acids is 2. The lowest BCUT2D eigenvalue weighted by molar-refractivity contribution is -0.138. The number of rotatable bonds is 6. The van der Waals surface area contributed by atoms with Crippen LogP contribution in [0, 0.1) is 0 Å². The van der Waals surface area contributed by atoms with Crippen molar-refractivity contribution < 1.29 is 19.5 Å². The molecule has 0 radical (unpaired) electrons. The van der Waals surface area contributed by atoms with E-state index in [-0.39, 0.29) is 12.3 Å². The summed E-state index contributed by atoms with van der Waals surface area (Å²) in [6.07, 6.45) is 2.05. The highest BCUT2D eigenvalue weighted by Crippen LogP contribution is 2.19. The molecule has 1 aromatic heterocycles. The predicted molar refractivity (Wildman–Crippen MR) is 80.3 cm³/mol. The molecule has 7 nitrogen and oxygen atoms in total. The van der Waals surface area contributed by atoms with Crippen molar-refractivity contribution in [1.29, 1.82) is 0 Å². The van der Waals surface area contributed by atoms with Crippen LogP contribution in [-0.4, -0.2) is 40.5 Å². The largest absolute Gasteiger partial charge is 0.480 e. The van der Waals surface area contributed by atoms with Crippen LogP contribution in [0.5, 0.6) is 0 Å². The van der Waals surface area contributed by atoms with Gasteiger partial charge in [0.1, 0.15) is 12.6 Å². The number of H-pyrrole nitrogens is 1. The number of carbonyl (C=O) groups is 3. The average molecular weight is 303 g/mol. The number of aliphatic carboxylic acids is 1. The molecule has 1 unspecified atom stereocenters. The van der Waals surface area contributed by atoms with Gasteiger partial charge in [-0.15, -0.1) is 0 Å². The maximum Gasteiger partial charge on any atom is 0.322 e. The second-order valence-corrected chi connectivity index (χ2v) is 4.93. The summed E-state index contributed by atoms with van der Waals surface area (Å²) in [6.45, 7) is 0.829. The van der Waals surface area contributed by atoms with Crippen LogP contribution in [-0.2, 0) is 20.8 Å². The minimum atomic E-state index is -1.14. The van der Waals surface area contributed by atoms with Crippen molar-refractivity contribution in [1.82, 2.24) is 15.6 Å². The predicted octanol–water partition coefficient (Wildman–Crippen LogP) is 0.416. The zero-order valence-electron chi connectivity index (χ0n) is 12.1. The molecule has 22 heavy (non-hydrogen) atoms. The normalized spacial score (nSPS) is 11.9. The van der Waals surface area contributed by atoms with Gasteiger partial charge < -0.3 is 20.7 Å². The van der Waals surface area contributed by atoms with E-state index in [1.165, 1.54) is 6.92 Å². The van der Waals surface area contributed by atoms with Gasteiger partial charge in [-0.05, 0) is 11.6 Å². The fraction of sp³-hybridized carbons (Fsp3) is 0.267. The molecule has 1 aromatic carbocycles. The second-order valence-electron chi connectivity index (χ2n) is 4.93. The number of hydrogen-bond acceptors (Lipinski definition) is 3. The average Bonchev–Trinajstić information content (AvgIpc) is 2.87. The van der Waals surface area contributed by atoms with Crippen molar-refractivity contribution in [3.05, 3.63) is 36.0 Å². The second kappa shape index (κ2) is 6.75. The number of hydrogen-bond donors (Lipinski definition) is 4. The van der Waals surface area contributed by atoms with Gasteiger partial charge in [0, 0.05) is 30.4 Å². The maximum atomic E-state index is 12.0. The van der Waals surface area contributed by atoms with Crippen LogP contribution >= 0.6 is 0 Å². The molecule has 0 spiro atoms. The molecule has 0 aliphatic heterocycles. The topological polar surface area (TPSA) is 111 Å². The Labute approximate surface area is 126 Å². The van der Waals surface area contributed by atoms with Crippen LogP contribution in [0.1, 0.15) is 12.5 Å². The number of nitrogens with one attached hydrogen (secondary N) is 3. The Bertz CT molecular complexity index is 708. The number of benzene rings is 1. The van der Waals surface area contributed by atoms with E-state index >= 15 is 0 Å². The van der Waals surface area contributed by atoms with E-state index in [1.54, 1.807) is 6.20 Å². The zero-order chi connectivity index (χ0) is 16.1. The Hall–Kier alpha value is -2.83. The Kier molecular flexibility index (Phi) is 4.77. The van der Waals surface area contributed by atoms with Crippen molar-refractivity contribution in [2.45, 2.75) is 19.4 Å². The summed E-state index contributed by atoms with van der Waals surface area (Å²) in [5.41, 5.74) is 1.81. The van der Waals surface area contributed by atoms with Crippen LogP contribution in [0.15, 0.2) is 30.5 Å². The minimum absolute atomic E-state index is 0.273. The van der Waals surface area contributed by atoms with Crippen molar-refractivity contribution in [3.8, 4) is 0 Å². The number of amides is 2. The Balaban J connectivity index is 2.17. The lowest BCUT2D eigenvalue weighted by atomic mass is 10.0. The van der Waals surface area contributed by atoms with Crippen LogP contribution < -0.4 is 10.6 Å². The number of aromatic amines is 1. The molecule has 7 heteroatoms. The van der Waals surface area contributed by atoms with Crippen molar-refractivity contribution in [2.75, 3.05) is 6.54 Å². The van der Waals surface area contributed by atoms with Gasteiger partial charge in [0.25, 0.3) is 0 Å². The van der Waals surface area contributed by atoms with E-state index in [9.17, 15) is 14.4 Å². The van der Waals surface area contributed by atoms with E-state index in [2.05, 4.69) is 15.6 Å². The molecule has 0 fully saturated rings. The SMILES string of the molecule is CC(=O)NC(Cc1c[nH]c2ccccc12)C(=O)NCC(=O)O. The molecule has 4 N–H and O–H groups in total. The number of aromatic nitrogens is 1. The highest BCUT2D eigenvalue weighted by atomic mass is 16.4. The fourth-order valence-corrected chi connectivity index (χ4v) is 2.26. The summed E-state index contributed by atoms with van der Waals surface area (Å²) in [7, 11) is 0. The van der Waals surface area contributed by atoms with Crippen LogP contribution in [0.4, 0.5) is 0 Å². The first-order valence-corrected chi connectivity index (χ1v) is 6.79. The monoisotopic (exact) mass is 303 g/mol. The molecule has 2 amide bonds. The molecule has 1 heterocycles. The standard InChI is InChI=1S/C15H17N3O4/c1-9(19)18-13(15(22)17-8-14(20)21)6-10-7-16-12-5-3-2-4-11(10)12/h2-5,7,13,16H,6,8H2,1H3,(H,17,22)(H,18,19)(H,20,21). The summed E-state index contributed by atoms with van der Waals surface area (Å²) in [4.78, 5) is 37.0. The first-order chi connectivity index (χ1) is 10.5. The van der Waals surface area contributed by atoms with Gasteiger partial charge in [-0.3, -0.25) is 14.4 Å². The third-order valence-corrected chi connectivity index (χ3v) is 3.21. The van der Waals surface area contributed by atoms with E-state index in [4.69, 9.17) is 5.11 Å². The summed E-state index contributed by atoms with van der Waals surface area (Å²) in [5, 5.41) is 14.4. The van der Waals surface area contributed by atoms with E-state index in [1.807, 2.05) is 24.3 Å². The van der Waals surface area contributed by atoms with Gasteiger partial charge in [0.05, 0.1) is 0 Å². The highest BCUT2D eigenvalue weighted by Gasteiger charge is 2.21. The Morgan fingerprint density at radius 1 is 1.27 bits per heavy atom. The number of carboxylic acid groups (broad SMARTS) is 1. The fourth-order valence-electron chi connectivity index (χ4n) is 2.26. The number of carboxylic acids is 1. The molecule has 0 saturated carbocycles. The van der Waals surface area contributed by atoms with Gasteiger partial charge >= 0.3 is 5.97 Å². The van der Waals surface area contributed by atoms with Crippen molar-refractivity contribution >= 4 is 28.7 Å². The smallest absolute Gasteiger partial charge is 0.322 e. The Morgan fingerprint density at radius 3 is 2.68 bits per heavy atom.